The number of nitrogens with one attached hydrogen (secondary N) is 1. The van der Waals surface area contributed by atoms with Crippen LogP contribution in [0.4, 0.5) is 0 Å². The second-order valence-electron chi connectivity index (χ2n) is 2.74. The summed E-state index contributed by atoms with van der Waals surface area (Å²) in [4.78, 5) is 19.3. The molecule has 0 aliphatic heterocycles. The van der Waals surface area contributed by atoms with Crippen molar-refractivity contribution >= 4 is 13.3 Å². The molecule has 0 aromatic carbocycles. The molecule has 5 nitrogen and oxygen atoms in total. The number of likely N-dealkylation sites (N-methyl/N-ethyl adjacent to an activating group) is 1. The average molecular weight is 195 g/mol. The fraction of sp³-hybridized carbons (Fsp3) is 0.833. The highest BCUT2D eigenvalue weighted by Gasteiger charge is 2.18. The van der Waals surface area contributed by atoms with Gasteiger partial charge in [0.2, 0.25) is 0 Å². The van der Waals surface area contributed by atoms with Gasteiger partial charge in [0.05, 0.1) is 0 Å². The Balaban J connectivity index is 3.90. The van der Waals surface area contributed by atoms with Crippen molar-refractivity contribution in [3.05, 3.63) is 0 Å². The average Bonchev–Trinajstić information content (AvgIpc) is 1.85. The van der Waals surface area contributed by atoms with Crippen LogP contribution in [0.15, 0.2) is 0 Å². The van der Waals surface area contributed by atoms with E-state index in [0.29, 0.717) is 0 Å². The Bertz CT molecular complexity index is 200. The molecule has 0 fully saturated rings. The van der Waals surface area contributed by atoms with E-state index in [2.05, 4.69) is 5.32 Å². The van der Waals surface area contributed by atoms with Gasteiger partial charge in [-0.2, -0.15) is 0 Å². The van der Waals surface area contributed by atoms with Crippen LogP contribution in [0, 0.1) is 0 Å². The predicted molar refractivity (Wildman–Crippen MR) is 45.7 cm³/mol. The Labute approximate surface area is 71.2 Å². The monoisotopic (exact) mass is 195 g/mol. The van der Waals surface area contributed by atoms with Crippen molar-refractivity contribution in [2.75, 3.05) is 19.9 Å². The molecule has 0 heterocycles. The quantitative estimate of drug-likeness (QED) is 0.535. The highest BCUT2D eigenvalue weighted by molar-refractivity contribution is 7.57. The van der Waals surface area contributed by atoms with Gasteiger partial charge in [-0.1, -0.05) is 0 Å². The molecule has 0 aliphatic carbocycles. The Morgan fingerprint density at radius 1 is 1.67 bits per heavy atom. The van der Waals surface area contributed by atoms with E-state index in [1.807, 2.05) is 0 Å². The molecule has 12 heavy (non-hydrogen) atoms. The zero-order chi connectivity index (χ0) is 9.78. The number of carbonyl (C=O) groups is 1. The molecule has 0 saturated heterocycles. The van der Waals surface area contributed by atoms with Crippen LogP contribution in [0.25, 0.3) is 0 Å². The van der Waals surface area contributed by atoms with Crippen LogP contribution in [-0.2, 0) is 9.36 Å². The zero-order valence-corrected chi connectivity index (χ0v) is 8.04. The molecule has 0 bridgehead atoms. The highest BCUT2D eigenvalue weighted by atomic mass is 31.2. The minimum Gasteiger partial charge on any atom is -0.480 e. The fourth-order valence-electron chi connectivity index (χ4n) is 0.760. The van der Waals surface area contributed by atoms with E-state index in [-0.39, 0.29) is 12.6 Å². The topological polar surface area (TPSA) is 86.6 Å². The van der Waals surface area contributed by atoms with Crippen LogP contribution in [0.3, 0.4) is 0 Å². The lowest BCUT2D eigenvalue weighted by atomic mass is 10.2. The van der Waals surface area contributed by atoms with Gasteiger partial charge in [0, 0.05) is 12.8 Å². The van der Waals surface area contributed by atoms with E-state index < -0.39 is 19.4 Å². The van der Waals surface area contributed by atoms with Crippen molar-refractivity contribution in [3.8, 4) is 0 Å². The second-order valence-corrected chi connectivity index (χ2v) is 5.29. The van der Waals surface area contributed by atoms with Gasteiger partial charge < -0.3 is 15.3 Å². The Hall–Kier alpha value is -0.380. The fourth-order valence-corrected chi connectivity index (χ4v) is 1.50. The van der Waals surface area contributed by atoms with E-state index >= 15 is 0 Å². The van der Waals surface area contributed by atoms with Gasteiger partial charge in [-0.15, -0.1) is 0 Å². The van der Waals surface area contributed by atoms with Crippen LogP contribution in [-0.4, -0.2) is 41.9 Å². The Morgan fingerprint density at radius 2 is 2.17 bits per heavy atom. The summed E-state index contributed by atoms with van der Waals surface area (Å²) in [5.41, 5.74) is 0. The summed E-state index contributed by atoms with van der Waals surface area (Å²) in [6, 6.07) is -0.731. The largest absolute Gasteiger partial charge is 0.480 e. The lowest BCUT2D eigenvalue weighted by Crippen LogP contribution is -2.34. The maximum atomic E-state index is 10.8. The van der Waals surface area contributed by atoms with E-state index in [1.165, 1.54) is 13.7 Å². The number of carboxylic acid groups (broad SMARTS) is 1. The molecule has 0 rings (SSSR count). The molecular formula is C6H14NO4P. The molecule has 3 N–H and O–H groups in total. The number of hydrogen-bond donors (Lipinski definition) is 3. The first-order chi connectivity index (χ1) is 5.37. The molecular weight excluding hydrogens is 181 g/mol. The predicted octanol–water partition coefficient (Wildman–Crippen LogP) is -0.0507. The minimum atomic E-state index is -3.08. The molecule has 0 saturated carbocycles. The summed E-state index contributed by atoms with van der Waals surface area (Å²) in [5, 5.41) is 11.1. The van der Waals surface area contributed by atoms with Crippen molar-refractivity contribution < 1.29 is 19.4 Å². The summed E-state index contributed by atoms with van der Waals surface area (Å²) in [5.74, 6) is -0.994. The molecule has 2 atom stereocenters. The summed E-state index contributed by atoms with van der Waals surface area (Å²) < 4.78 is 10.8. The summed E-state index contributed by atoms with van der Waals surface area (Å²) in [6.45, 7) is 1.22. The number of aliphatic carboxylic acids is 1. The summed E-state index contributed by atoms with van der Waals surface area (Å²) in [6.07, 6.45) is 0.209. The summed E-state index contributed by atoms with van der Waals surface area (Å²) in [7, 11) is -1.57. The van der Waals surface area contributed by atoms with Gasteiger partial charge in [-0.25, -0.2) is 0 Å². The molecule has 0 aliphatic rings. The third-order valence-electron chi connectivity index (χ3n) is 1.48. The Morgan fingerprint density at radius 3 is 2.42 bits per heavy atom. The van der Waals surface area contributed by atoms with E-state index in [1.54, 1.807) is 0 Å². The van der Waals surface area contributed by atoms with Crippen LogP contribution in [0.1, 0.15) is 6.42 Å². The maximum absolute atomic E-state index is 10.8. The first kappa shape index (κ1) is 11.6. The van der Waals surface area contributed by atoms with Crippen LogP contribution < -0.4 is 5.32 Å². The van der Waals surface area contributed by atoms with E-state index in [0.717, 1.165) is 0 Å². The lowest BCUT2D eigenvalue weighted by Gasteiger charge is -2.11. The molecule has 6 heteroatoms. The van der Waals surface area contributed by atoms with E-state index in [4.69, 9.17) is 10.00 Å². The minimum absolute atomic E-state index is 0.0325. The third kappa shape index (κ3) is 5.29. The number of rotatable bonds is 5. The van der Waals surface area contributed by atoms with Gasteiger partial charge in [-0.3, -0.25) is 9.36 Å². The van der Waals surface area contributed by atoms with Gasteiger partial charge in [-0.05, 0) is 13.5 Å². The molecule has 0 aromatic heterocycles. The van der Waals surface area contributed by atoms with Crippen LogP contribution >= 0.6 is 7.37 Å². The van der Waals surface area contributed by atoms with E-state index in [9.17, 15) is 9.36 Å². The molecule has 0 spiro atoms. The Kier molecular flexibility index (Phi) is 4.45. The highest BCUT2D eigenvalue weighted by Crippen LogP contribution is 2.35. The number of hydrogen-bond acceptors (Lipinski definition) is 3. The van der Waals surface area contributed by atoms with Gasteiger partial charge in [0.25, 0.3) is 0 Å². The zero-order valence-electron chi connectivity index (χ0n) is 7.15. The molecule has 72 valence electrons. The van der Waals surface area contributed by atoms with Crippen molar-refractivity contribution in [2.24, 2.45) is 0 Å². The first-order valence-corrected chi connectivity index (χ1v) is 5.85. The van der Waals surface area contributed by atoms with Crippen LogP contribution in [0.2, 0.25) is 0 Å². The molecule has 2 unspecified atom stereocenters. The molecule has 0 radical (unpaired) electrons. The maximum Gasteiger partial charge on any atom is 0.320 e. The molecule has 0 aromatic rings. The lowest BCUT2D eigenvalue weighted by molar-refractivity contribution is -0.139. The van der Waals surface area contributed by atoms with Gasteiger partial charge >= 0.3 is 5.97 Å². The summed E-state index contributed by atoms with van der Waals surface area (Å²) >= 11 is 0. The smallest absolute Gasteiger partial charge is 0.320 e. The number of carboxylic acids is 1. The third-order valence-corrected chi connectivity index (χ3v) is 2.57. The molecule has 0 amide bonds. The second kappa shape index (κ2) is 4.60. The van der Waals surface area contributed by atoms with Crippen LogP contribution in [0.5, 0.6) is 0 Å². The van der Waals surface area contributed by atoms with Gasteiger partial charge in [0.1, 0.15) is 6.04 Å². The standard InChI is InChI=1S/C6H14NO4P/c1-7-5(6(8)9)3-4-12(2,10)11/h5,7H,3-4H2,1-2H3,(H,8,9)(H,10,11). The van der Waals surface area contributed by atoms with Crippen molar-refractivity contribution in [2.45, 2.75) is 12.5 Å². The first-order valence-electron chi connectivity index (χ1n) is 3.56. The van der Waals surface area contributed by atoms with Crippen molar-refractivity contribution in [1.82, 2.24) is 5.32 Å². The van der Waals surface area contributed by atoms with Gasteiger partial charge in [0.15, 0.2) is 7.37 Å². The van der Waals surface area contributed by atoms with Crippen molar-refractivity contribution in [3.63, 3.8) is 0 Å². The normalized spacial score (nSPS) is 18.2. The SMILES string of the molecule is CNC(CCP(C)(=O)O)C(=O)O. The van der Waals surface area contributed by atoms with Crippen molar-refractivity contribution in [1.29, 1.82) is 0 Å².